The average molecular weight is 441 g/mol. The lowest BCUT2D eigenvalue weighted by Gasteiger charge is -2.22. The fourth-order valence-electron chi connectivity index (χ4n) is 5.32. The first-order valence-electron chi connectivity index (χ1n) is 12.3. The monoisotopic (exact) mass is 440 g/mol. The number of nitrogens with zero attached hydrogens (tertiary/aromatic N) is 4. The van der Waals surface area contributed by atoms with Crippen LogP contribution in [0.15, 0.2) is 58.4 Å². The van der Waals surface area contributed by atoms with Gasteiger partial charge in [-0.25, -0.2) is 4.98 Å². The smallest absolute Gasteiger partial charge is 0.282 e. The molecule has 0 amide bonds. The van der Waals surface area contributed by atoms with Crippen molar-refractivity contribution in [2.75, 3.05) is 0 Å². The highest BCUT2D eigenvalue weighted by molar-refractivity contribution is 6.01. The van der Waals surface area contributed by atoms with E-state index in [1.54, 1.807) is 4.68 Å². The van der Waals surface area contributed by atoms with Crippen molar-refractivity contribution in [2.45, 2.75) is 71.3 Å². The predicted octanol–water partition coefficient (Wildman–Crippen LogP) is 6.56. The largest absolute Gasteiger partial charge is 0.341 e. The van der Waals surface area contributed by atoms with Gasteiger partial charge in [-0.1, -0.05) is 56.5 Å². The van der Waals surface area contributed by atoms with Gasteiger partial charge < -0.3 is 4.57 Å². The molecule has 1 saturated carbocycles. The van der Waals surface area contributed by atoms with E-state index in [0.717, 1.165) is 36.2 Å². The van der Waals surface area contributed by atoms with Gasteiger partial charge in [0.1, 0.15) is 5.82 Å². The van der Waals surface area contributed by atoms with Crippen molar-refractivity contribution in [2.24, 2.45) is 5.10 Å². The Labute approximate surface area is 194 Å². The second-order valence-electron chi connectivity index (χ2n) is 9.33. The summed E-state index contributed by atoms with van der Waals surface area (Å²) in [4.78, 5) is 18.5. The Morgan fingerprint density at radius 2 is 1.76 bits per heavy atom. The van der Waals surface area contributed by atoms with Crippen LogP contribution in [-0.2, 0) is 0 Å². The molecule has 1 atom stereocenters. The lowest BCUT2D eigenvalue weighted by atomic mass is 9.88. The average Bonchev–Trinajstić information content (AvgIpc) is 3.14. The van der Waals surface area contributed by atoms with Crippen LogP contribution in [0.1, 0.15) is 81.4 Å². The van der Waals surface area contributed by atoms with E-state index in [9.17, 15) is 4.79 Å². The molecule has 0 saturated heterocycles. The van der Waals surface area contributed by atoms with Gasteiger partial charge in [-0.15, -0.1) is 0 Å². The van der Waals surface area contributed by atoms with Crippen LogP contribution in [0.3, 0.4) is 0 Å². The molecule has 0 aliphatic heterocycles. The lowest BCUT2D eigenvalue weighted by Crippen LogP contribution is -2.25. The minimum Gasteiger partial charge on any atom is -0.341 e. The Bertz CT molecular complexity index is 1390. The van der Waals surface area contributed by atoms with Gasteiger partial charge in [0.15, 0.2) is 0 Å². The van der Waals surface area contributed by atoms with Gasteiger partial charge in [-0.3, -0.25) is 4.79 Å². The summed E-state index contributed by atoms with van der Waals surface area (Å²) in [6.07, 6.45) is 8.67. The number of fused-ring (bicyclic) bond motifs is 2. The van der Waals surface area contributed by atoms with Crippen molar-refractivity contribution < 1.29 is 0 Å². The van der Waals surface area contributed by atoms with E-state index in [2.05, 4.69) is 49.6 Å². The standard InChI is InChI=1S/C28H32N4O/c1-4-19(2)31-20(3)24(22-14-9-11-17-26(22)31)18-29-32-27(21-12-6-5-7-13-21)30-25-16-10-8-15-23(25)28(32)33/h8-11,14-19,21H,4-7,12-13H2,1-3H3/t19-/m0/s1. The number of rotatable bonds is 5. The topological polar surface area (TPSA) is 52.2 Å². The molecule has 5 rings (SSSR count). The summed E-state index contributed by atoms with van der Waals surface area (Å²) >= 11 is 0. The third-order valence-electron chi connectivity index (χ3n) is 7.29. The molecule has 2 aromatic carbocycles. The van der Waals surface area contributed by atoms with Gasteiger partial charge >= 0.3 is 0 Å². The Kier molecular flexibility index (Phi) is 5.88. The molecular formula is C28H32N4O. The minimum atomic E-state index is -0.0826. The van der Waals surface area contributed by atoms with Crippen LogP contribution in [-0.4, -0.2) is 20.4 Å². The number of benzene rings is 2. The minimum absolute atomic E-state index is 0.0826. The predicted molar refractivity (Wildman–Crippen MR) is 136 cm³/mol. The third-order valence-corrected chi connectivity index (χ3v) is 7.29. The van der Waals surface area contributed by atoms with Gasteiger partial charge in [0, 0.05) is 34.1 Å². The SMILES string of the molecule is CC[C@H](C)n1c(C)c(C=Nn2c(C3CCCCC3)nc3ccccc3c2=O)c2ccccc21. The summed E-state index contributed by atoms with van der Waals surface area (Å²) in [7, 11) is 0. The number of hydrogen-bond donors (Lipinski definition) is 0. The van der Waals surface area contributed by atoms with Crippen molar-refractivity contribution in [1.29, 1.82) is 0 Å². The first-order chi connectivity index (χ1) is 16.1. The van der Waals surface area contributed by atoms with Crippen LogP contribution in [0, 0.1) is 6.92 Å². The van der Waals surface area contributed by atoms with Gasteiger partial charge in [0.05, 0.1) is 17.1 Å². The molecule has 0 radical (unpaired) electrons. The second-order valence-corrected chi connectivity index (χ2v) is 9.33. The second kappa shape index (κ2) is 8.97. The Morgan fingerprint density at radius 1 is 1.06 bits per heavy atom. The lowest BCUT2D eigenvalue weighted by molar-refractivity contribution is 0.416. The van der Waals surface area contributed by atoms with Gasteiger partial charge in [-0.05, 0) is 51.3 Å². The van der Waals surface area contributed by atoms with E-state index < -0.39 is 0 Å². The zero-order chi connectivity index (χ0) is 22.9. The van der Waals surface area contributed by atoms with E-state index in [1.807, 2.05) is 30.5 Å². The maximum Gasteiger partial charge on any atom is 0.282 e. The van der Waals surface area contributed by atoms with Crippen molar-refractivity contribution >= 4 is 28.0 Å². The van der Waals surface area contributed by atoms with Crippen molar-refractivity contribution in [3.63, 3.8) is 0 Å². The number of para-hydroxylation sites is 2. The molecule has 1 aliphatic rings. The summed E-state index contributed by atoms with van der Waals surface area (Å²) < 4.78 is 3.97. The van der Waals surface area contributed by atoms with Crippen LogP contribution in [0.5, 0.6) is 0 Å². The highest BCUT2D eigenvalue weighted by atomic mass is 16.1. The number of aromatic nitrogens is 3. The van der Waals surface area contributed by atoms with E-state index in [4.69, 9.17) is 10.1 Å². The van der Waals surface area contributed by atoms with Crippen molar-refractivity contribution in [3.8, 4) is 0 Å². The molecular weight excluding hydrogens is 408 g/mol. The molecule has 0 spiro atoms. The molecule has 170 valence electrons. The maximum atomic E-state index is 13.5. The highest BCUT2D eigenvalue weighted by Gasteiger charge is 2.23. The molecule has 2 aromatic heterocycles. The van der Waals surface area contributed by atoms with Gasteiger partial charge in [0.25, 0.3) is 5.56 Å². The third kappa shape index (κ3) is 3.79. The molecule has 5 nitrogen and oxygen atoms in total. The quantitative estimate of drug-likeness (QED) is 0.330. The summed E-state index contributed by atoms with van der Waals surface area (Å²) in [5.74, 6) is 1.08. The van der Waals surface area contributed by atoms with Crippen LogP contribution < -0.4 is 5.56 Å². The van der Waals surface area contributed by atoms with E-state index in [0.29, 0.717) is 11.4 Å². The van der Waals surface area contributed by atoms with Crippen LogP contribution >= 0.6 is 0 Å². The van der Waals surface area contributed by atoms with Gasteiger partial charge in [-0.2, -0.15) is 9.78 Å². The fraction of sp³-hybridized carbons (Fsp3) is 0.393. The van der Waals surface area contributed by atoms with Crippen LogP contribution in [0.25, 0.3) is 21.8 Å². The molecule has 5 heteroatoms. The maximum absolute atomic E-state index is 13.5. The summed E-state index contributed by atoms with van der Waals surface area (Å²) in [5.41, 5.74) is 4.14. The van der Waals surface area contributed by atoms with Gasteiger partial charge in [0.2, 0.25) is 0 Å². The Morgan fingerprint density at radius 3 is 2.52 bits per heavy atom. The fourth-order valence-corrected chi connectivity index (χ4v) is 5.32. The Hall–Kier alpha value is -3.21. The zero-order valence-electron chi connectivity index (χ0n) is 19.8. The molecule has 1 aliphatic carbocycles. The first-order valence-corrected chi connectivity index (χ1v) is 12.3. The molecule has 4 aromatic rings. The van der Waals surface area contributed by atoms with Crippen LogP contribution in [0.2, 0.25) is 0 Å². The Balaban J connectivity index is 1.69. The molecule has 0 bridgehead atoms. The summed E-state index contributed by atoms with van der Waals surface area (Å²) in [5, 5.41) is 6.60. The molecule has 0 N–H and O–H groups in total. The van der Waals surface area contributed by atoms with Crippen molar-refractivity contribution in [3.05, 3.63) is 76.0 Å². The van der Waals surface area contributed by atoms with E-state index >= 15 is 0 Å². The number of hydrogen-bond acceptors (Lipinski definition) is 3. The highest BCUT2D eigenvalue weighted by Crippen LogP contribution is 2.32. The molecule has 2 heterocycles. The molecule has 0 unspecified atom stereocenters. The summed E-state index contributed by atoms with van der Waals surface area (Å²) in [6, 6.07) is 16.5. The zero-order valence-corrected chi connectivity index (χ0v) is 19.8. The summed E-state index contributed by atoms with van der Waals surface area (Å²) in [6.45, 7) is 6.61. The molecule has 1 fully saturated rings. The van der Waals surface area contributed by atoms with E-state index in [-0.39, 0.29) is 11.5 Å². The van der Waals surface area contributed by atoms with E-state index in [1.165, 1.54) is 35.9 Å². The van der Waals surface area contributed by atoms with Crippen molar-refractivity contribution in [1.82, 2.24) is 14.2 Å². The first kappa shape index (κ1) is 21.6. The normalized spacial score (nSPS) is 16.2. The molecule has 33 heavy (non-hydrogen) atoms. The van der Waals surface area contributed by atoms with Crippen LogP contribution in [0.4, 0.5) is 0 Å².